The predicted octanol–water partition coefficient (Wildman–Crippen LogP) is 2.76. The van der Waals surface area contributed by atoms with Crippen LogP contribution in [-0.2, 0) is 24.4 Å². The van der Waals surface area contributed by atoms with Crippen molar-refractivity contribution in [3.63, 3.8) is 0 Å². The van der Waals surface area contributed by atoms with Crippen molar-refractivity contribution < 1.29 is 13.9 Å². The molecule has 6 heteroatoms. The second-order valence-corrected chi connectivity index (χ2v) is 6.16. The van der Waals surface area contributed by atoms with Crippen molar-refractivity contribution in [2.45, 2.75) is 53.0 Å². The Balaban J connectivity index is 1.81. The van der Waals surface area contributed by atoms with E-state index >= 15 is 0 Å². The van der Waals surface area contributed by atoms with Crippen LogP contribution in [-0.4, -0.2) is 33.0 Å². The fourth-order valence-corrected chi connectivity index (χ4v) is 2.83. The third-order valence-corrected chi connectivity index (χ3v) is 4.13. The Morgan fingerprint density at radius 1 is 1.43 bits per heavy atom. The number of nitrogens with zero attached hydrogens (tertiary/aromatic N) is 3. The quantitative estimate of drug-likeness (QED) is 0.870. The molecular weight excluding hydrogens is 294 g/mol. The standard InChI is InChI=1S/C17H23N3O3/c1-12(2)23-10-15-16-9-19(6-4-7-20(16)11-18-15)17(21)14-5-8-22-13(14)3/h5,8,11-12H,4,6-7,9-10H2,1-3H3. The second kappa shape index (κ2) is 6.58. The Labute approximate surface area is 136 Å². The molecule has 1 aliphatic heterocycles. The highest BCUT2D eigenvalue weighted by Gasteiger charge is 2.24. The van der Waals surface area contributed by atoms with E-state index in [-0.39, 0.29) is 12.0 Å². The van der Waals surface area contributed by atoms with Crippen LogP contribution >= 0.6 is 0 Å². The fourth-order valence-electron chi connectivity index (χ4n) is 2.83. The lowest BCUT2D eigenvalue weighted by Crippen LogP contribution is -2.31. The van der Waals surface area contributed by atoms with E-state index in [1.54, 1.807) is 12.3 Å². The van der Waals surface area contributed by atoms with Crippen LogP contribution in [0.25, 0.3) is 0 Å². The number of hydrogen-bond acceptors (Lipinski definition) is 4. The molecule has 23 heavy (non-hydrogen) atoms. The Morgan fingerprint density at radius 2 is 2.26 bits per heavy atom. The maximum Gasteiger partial charge on any atom is 0.257 e. The van der Waals surface area contributed by atoms with E-state index < -0.39 is 0 Å². The smallest absolute Gasteiger partial charge is 0.257 e. The highest BCUT2D eigenvalue weighted by Crippen LogP contribution is 2.20. The van der Waals surface area contributed by atoms with Crippen molar-refractivity contribution in [2.24, 2.45) is 0 Å². The van der Waals surface area contributed by atoms with Gasteiger partial charge in [-0.15, -0.1) is 0 Å². The van der Waals surface area contributed by atoms with Crippen molar-refractivity contribution in [2.75, 3.05) is 6.54 Å². The first-order chi connectivity index (χ1) is 11.1. The average Bonchev–Trinajstić information content (AvgIpc) is 3.04. The summed E-state index contributed by atoms with van der Waals surface area (Å²) >= 11 is 0. The van der Waals surface area contributed by atoms with E-state index in [0.29, 0.717) is 24.5 Å². The molecule has 0 unspecified atom stereocenters. The summed E-state index contributed by atoms with van der Waals surface area (Å²) in [6.45, 7) is 8.47. The number of carbonyl (C=O) groups is 1. The van der Waals surface area contributed by atoms with Gasteiger partial charge in [0.1, 0.15) is 5.76 Å². The van der Waals surface area contributed by atoms with Crippen LogP contribution in [0.5, 0.6) is 0 Å². The van der Waals surface area contributed by atoms with Gasteiger partial charge in [0.15, 0.2) is 0 Å². The molecule has 0 aliphatic carbocycles. The molecule has 0 radical (unpaired) electrons. The molecule has 0 N–H and O–H groups in total. The van der Waals surface area contributed by atoms with E-state index in [1.165, 1.54) is 0 Å². The molecule has 0 spiro atoms. The highest BCUT2D eigenvalue weighted by molar-refractivity contribution is 5.95. The SMILES string of the molecule is Cc1occc1C(=O)N1CCCn2cnc(COC(C)C)c2C1. The molecule has 6 nitrogen and oxygen atoms in total. The van der Waals surface area contributed by atoms with Crippen LogP contribution in [0.15, 0.2) is 23.1 Å². The normalized spacial score (nSPS) is 14.9. The number of aryl methyl sites for hydroxylation is 2. The Bertz CT molecular complexity index is 687. The second-order valence-electron chi connectivity index (χ2n) is 6.16. The van der Waals surface area contributed by atoms with E-state index in [2.05, 4.69) is 9.55 Å². The van der Waals surface area contributed by atoms with Gasteiger partial charge in [-0.3, -0.25) is 4.79 Å². The number of carbonyl (C=O) groups excluding carboxylic acids is 1. The number of furan rings is 1. The number of aromatic nitrogens is 2. The lowest BCUT2D eigenvalue weighted by molar-refractivity contribution is 0.0620. The van der Waals surface area contributed by atoms with Crippen molar-refractivity contribution >= 4 is 5.91 Å². The van der Waals surface area contributed by atoms with E-state index in [0.717, 1.165) is 30.9 Å². The number of fused-ring (bicyclic) bond motifs is 1. The molecule has 3 heterocycles. The number of rotatable bonds is 4. The zero-order chi connectivity index (χ0) is 16.4. The van der Waals surface area contributed by atoms with Crippen LogP contribution in [0.1, 0.15) is 47.8 Å². The summed E-state index contributed by atoms with van der Waals surface area (Å²) in [6.07, 6.45) is 4.48. The fraction of sp³-hybridized carbons (Fsp3) is 0.529. The highest BCUT2D eigenvalue weighted by atomic mass is 16.5. The van der Waals surface area contributed by atoms with Crippen LogP contribution in [0.3, 0.4) is 0 Å². The van der Waals surface area contributed by atoms with Crippen LogP contribution < -0.4 is 0 Å². The van der Waals surface area contributed by atoms with Gasteiger partial charge in [0.05, 0.1) is 48.8 Å². The first-order valence-electron chi connectivity index (χ1n) is 8.04. The minimum atomic E-state index is 0.0154. The van der Waals surface area contributed by atoms with Crippen LogP contribution in [0.4, 0.5) is 0 Å². The molecule has 0 saturated heterocycles. The molecule has 2 aromatic rings. The lowest BCUT2D eigenvalue weighted by atomic mass is 10.2. The summed E-state index contributed by atoms with van der Waals surface area (Å²) in [5, 5.41) is 0. The third kappa shape index (κ3) is 3.32. The summed E-state index contributed by atoms with van der Waals surface area (Å²) in [5.41, 5.74) is 2.62. The molecule has 1 aliphatic rings. The Kier molecular flexibility index (Phi) is 4.52. The van der Waals surface area contributed by atoms with Gasteiger partial charge in [0.2, 0.25) is 0 Å². The molecule has 0 saturated carbocycles. The van der Waals surface area contributed by atoms with Crippen molar-refractivity contribution in [1.82, 2.24) is 14.5 Å². The van der Waals surface area contributed by atoms with E-state index in [9.17, 15) is 4.79 Å². The number of imidazole rings is 1. The van der Waals surface area contributed by atoms with Crippen molar-refractivity contribution in [3.8, 4) is 0 Å². The van der Waals surface area contributed by atoms with Gasteiger partial charge in [0.25, 0.3) is 5.91 Å². The predicted molar refractivity (Wildman–Crippen MR) is 85.0 cm³/mol. The zero-order valence-corrected chi connectivity index (χ0v) is 13.9. The van der Waals surface area contributed by atoms with Crippen molar-refractivity contribution in [1.29, 1.82) is 0 Å². The molecular formula is C17H23N3O3. The van der Waals surface area contributed by atoms with Gasteiger partial charge in [-0.2, -0.15) is 0 Å². The van der Waals surface area contributed by atoms with Crippen molar-refractivity contribution in [3.05, 3.63) is 41.4 Å². The molecule has 3 rings (SSSR count). The first kappa shape index (κ1) is 15.8. The minimum Gasteiger partial charge on any atom is -0.469 e. The van der Waals surface area contributed by atoms with Gasteiger partial charge >= 0.3 is 0 Å². The lowest BCUT2D eigenvalue weighted by Gasteiger charge is -2.20. The minimum absolute atomic E-state index is 0.0154. The summed E-state index contributed by atoms with van der Waals surface area (Å²) in [7, 11) is 0. The number of hydrogen-bond donors (Lipinski definition) is 0. The molecule has 0 fully saturated rings. The molecule has 0 atom stereocenters. The van der Waals surface area contributed by atoms with Crippen LogP contribution in [0.2, 0.25) is 0 Å². The maximum atomic E-state index is 12.7. The van der Waals surface area contributed by atoms with Gasteiger partial charge < -0.3 is 18.6 Å². The Morgan fingerprint density at radius 3 is 2.96 bits per heavy atom. The van der Waals surface area contributed by atoms with Gasteiger partial charge in [-0.1, -0.05) is 0 Å². The zero-order valence-electron chi connectivity index (χ0n) is 13.9. The largest absolute Gasteiger partial charge is 0.469 e. The third-order valence-electron chi connectivity index (χ3n) is 4.13. The molecule has 124 valence electrons. The number of ether oxygens (including phenoxy) is 1. The molecule has 2 aromatic heterocycles. The number of amides is 1. The topological polar surface area (TPSA) is 60.5 Å². The van der Waals surface area contributed by atoms with Gasteiger partial charge in [-0.05, 0) is 33.3 Å². The monoisotopic (exact) mass is 317 g/mol. The summed E-state index contributed by atoms with van der Waals surface area (Å²) < 4.78 is 13.1. The maximum absolute atomic E-state index is 12.7. The first-order valence-corrected chi connectivity index (χ1v) is 8.04. The average molecular weight is 317 g/mol. The Hall–Kier alpha value is -2.08. The molecule has 1 amide bonds. The van der Waals surface area contributed by atoms with E-state index in [1.807, 2.05) is 32.0 Å². The summed E-state index contributed by atoms with van der Waals surface area (Å²) in [4.78, 5) is 19.1. The molecule has 0 bridgehead atoms. The van der Waals surface area contributed by atoms with Gasteiger partial charge in [0, 0.05) is 13.1 Å². The van der Waals surface area contributed by atoms with Gasteiger partial charge in [-0.25, -0.2) is 4.98 Å². The summed E-state index contributed by atoms with van der Waals surface area (Å²) in [5.74, 6) is 0.678. The molecule has 0 aromatic carbocycles. The van der Waals surface area contributed by atoms with Crippen LogP contribution in [0, 0.1) is 6.92 Å². The van der Waals surface area contributed by atoms with E-state index in [4.69, 9.17) is 9.15 Å². The summed E-state index contributed by atoms with van der Waals surface area (Å²) in [6, 6.07) is 1.74.